The third-order valence-corrected chi connectivity index (χ3v) is 5.11. The first kappa shape index (κ1) is 18.2. The highest BCUT2D eigenvalue weighted by Crippen LogP contribution is 2.13. The second kappa shape index (κ2) is 7.40. The number of carboxylic acids is 1. The SMILES string of the molecule is Cc1ccccc1C[C@@H](CNC(=O)[C@H](C)S(C)(=O)=O)C(=O)O. The minimum Gasteiger partial charge on any atom is -0.481 e. The van der Waals surface area contributed by atoms with Gasteiger partial charge in [-0.2, -0.15) is 0 Å². The maximum atomic E-state index is 11.8. The Bertz CT molecular complexity index is 654. The molecule has 2 atom stereocenters. The number of amides is 1. The average Bonchev–Trinajstić information content (AvgIpc) is 2.42. The lowest BCUT2D eigenvalue weighted by Crippen LogP contribution is -2.41. The van der Waals surface area contributed by atoms with Crippen LogP contribution in [-0.2, 0) is 25.8 Å². The summed E-state index contributed by atoms with van der Waals surface area (Å²) in [5, 5.41) is 10.5. The molecule has 0 aliphatic rings. The molecule has 0 fully saturated rings. The molecule has 1 amide bonds. The number of aliphatic carboxylic acids is 1. The third-order valence-electron chi connectivity index (χ3n) is 3.61. The van der Waals surface area contributed by atoms with Crippen molar-refractivity contribution in [1.82, 2.24) is 5.32 Å². The van der Waals surface area contributed by atoms with Crippen molar-refractivity contribution < 1.29 is 23.1 Å². The van der Waals surface area contributed by atoms with Crippen molar-refractivity contribution in [2.75, 3.05) is 12.8 Å². The Morgan fingerprint density at radius 3 is 2.36 bits per heavy atom. The molecule has 6 nitrogen and oxygen atoms in total. The predicted molar refractivity (Wildman–Crippen MR) is 83.3 cm³/mol. The fraction of sp³-hybridized carbons (Fsp3) is 0.467. The van der Waals surface area contributed by atoms with Gasteiger partial charge in [0, 0.05) is 12.8 Å². The highest BCUT2D eigenvalue weighted by Gasteiger charge is 2.26. The van der Waals surface area contributed by atoms with Crippen LogP contribution < -0.4 is 5.32 Å². The molecule has 2 N–H and O–H groups in total. The van der Waals surface area contributed by atoms with Gasteiger partial charge in [0.15, 0.2) is 9.84 Å². The molecule has 1 rings (SSSR count). The van der Waals surface area contributed by atoms with E-state index in [9.17, 15) is 23.1 Å². The van der Waals surface area contributed by atoms with E-state index in [0.29, 0.717) is 0 Å². The molecule has 0 heterocycles. The van der Waals surface area contributed by atoms with Crippen molar-refractivity contribution in [3.8, 4) is 0 Å². The van der Waals surface area contributed by atoms with Gasteiger partial charge in [0.05, 0.1) is 5.92 Å². The molecule has 0 unspecified atom stereocenters. The van der Waals surface area contributed by atoms with Crippen molar-refractivity contribution >= 4 is 21.7 Å². The lowest BCUT2D eigenvalue weighted by atomic mass is 9.96. The van der Waals surface area contributed by atoms with Gasteiger partial charge < -0.3 is 10.4 Å². The fourth-order valence-electron chi connectivity index (χ4n) is 1.91. The largest absolute Gasteiger partial charge is 0.481 e. The minimum atomic E-state index is -3.50. The van der Waals surface area contributed by atoms with Crippen molar-refractivity contribution in [1.29, 1.82) is 0 Å². The lowest BCUT2D eigenvalue weighted by Gasteiger charge is -2.16. The number of carboxylic acid groups (broad SMARTS) is 1. The van der Waals surface area contributed by atoms with Gasteiger partial charge in [-0.3, -0.25) is 9.59 Å². The Balaban J connectivity index is 2.72. The van der Waals surface area contributed by atoms with Gasteiger partial charge in [-0.05, 0) is 31.4 Å². The van der Waals surface area contributed by atoms with Crippen LogP contribution in [0.1, 0.15) is 18.1 Å². The van der Waals surface area contributed by atoms with Crippen LogP contribution >= 0.6 is 0 Å². The smallest absolute Gasteiger partial charge is 0.308 e. The summed E-state index contributed by atoms with van der Waals surface area (Å²) in [6.07, 6.45) is 1.24. The Morgan fingerprint density at radius 1 is 1.27 bits per heavy atom. The van der Waals surface area contributed by atoms with Crippen LogP contribution in [0.2, 0.25) is 0 Å². The van der Waals surface area contributed by atoms with E-state index in [1.165, 1.54) is 6.92 Å². The van der Waals surface area contributed by atoms with Gasteiger partial charge in [-0.1, -0.05) is 24.3 Å². The number of aryl methyl sites for hydroxylation is 1. The van der Waals surface area contributed by atoms with Crippen LogP contribution in [0.5, 0.6) is 0 Å². The molecule has 0 bridgehead atoms. The Hall–Kier alpha value is -1.89. The monoisotopic (exact) mass is 327 g/mol. The number of carbonyl (C=O) groups excluding carboxylic acids is 1. The first-order valence-electron chi connectivity index (χ1n) is 6.86. The zero-order chi connectivity index (χ0) is 16.9. The highest BCUT2D eigenvalue weighted by molar-refractivity contribution is 7.92. The molecule has 22 heavy (non-hydrogen) atoms. The number of carbonyl (C=O) groups is 2. The van der Waals surface area contributed by atoms with E-state index in [-0.39, 0.29) is 13.0 Å². The summed E-state index contributed by atoms with van der Waals surface area (Å²) in [5.41, 5.74) is 1.87. The van der Waals surface area contributed by atoms with Gasteiger partial charge in [0.2, 0.25) is 5.91 Å². The molecule has 7 heteroatoms. The number of benzene rings is 1. The van der Waals surface area contributed by atoms with Crippen LogP contribution in [0.25, 0.3) is 0 Å². The second-order valence-electron chi connectivity index (χ2n) is 5.38. The molecule has 122 valence electrons. The summed E-state index contributed by atoms with van der Waals surface area (Å²) in [6.45, 7) is 3.06. The van der Waals surface area contributed by atoms with Gasteiger partial charge in [0.1, 0.15) is 5.25 Å². The van der Waals surface area contributed by atoms with Crippen LogP contribution in [0.15, 0.2) is 24.3 Å². The van der Waals surface area contributed by atoms with E-state index in [4.69, 9.17) is 0 Å². The van der Waals surface area contributed by atoms with Gasteiger partial charge >= 0.3 is 5.97 Å². The van der Waals surface area contributed by atoms with E-state index in [2.05, 4.69) is 5.32 Å². The molecule has 1 aromatic rings. The quantitative estimate of drug-likeness (QED) is 0.771. The highest BCUT2D eigenvalue weighted by atomic mass is 32.2. The standard InChI is InChI=1S/C15H21NO5S/c1-10-6-4-5-7-12(10)8-13(15(18)19)9-16-14(17)11(2)22(3,20)21/h4-7,11,13H,8-9H2,1-3H3,(H,16,17)(H,18,19)/t11-,13-/m0/s1. The van der Waals surface area contributed by atoms with Crippen LogP contribution in [0, 0.1) is 12.8 Å². The lowest BCUT2D eigenvalue weighted by molar-refractivity contribution is -0.141. The summed E-state index contributed by atoms with van der Waals surface area (Å²) in [6, 6.07) is 7.42. The summed E-state index contributed by atoms with van der Waals surface area (Å²) < 4.78 is 22.6. The predicted octanol–water partition coefficient (Wildman–Crippen LogP) is 0.788. The number of nitrogens with one attached hydrogen (secondary N) is 1. The molecular weight excluding hydrogens is 306 g/mol. The number of rotatable bonds is 7. The summed E-state index contributed by atoms with van der Waals surface area (Å²) in [7, 11) is -3.50. The summed E-state index contributed by atoms with van der Waals surface area (Å²) >= 11 is 0. The van der Waals surface area contributed by atoms with Crippen molar-refractivity contribution in [2.24, 2.45) is 5.92 Å². The molecule has 0 saturated carbocycles. The normalized spacial score (nSPS) is 14.1. The van der Waals surface area contributed by atoms with Crippen molar-refractivity contribution in [2.45, 2.75) is 25.5 Å². The van der Waals surface area contributed by atoms with E-state index < -0.39 is 32.9 Å². The molecular formula is C15H21NO5S. The number of hydrogen-bond donors (Lipinski definition) is 2. The molecule has 1 aromatic carbocycles. The van der Waals surface area contributed by atoms with E-state index >= 15 is 0 Å². The number of hydrogen-bond acceptors (Lipinski definition) is 4. The van der Waals surface area contributed by atoms with Gasteiger partial charge in [-0.15, -0.1) is 0 Å². The zero-order valence-electron chi connectivity index (χ0n) is 12.9. The average molecular weight is 327 g/mol. The maximum absolute atomic E-state index is 11.8. The van der Waals surface area contributed by atoms with Gasteiger partial charge in [-0.25, -0.2) is 8.42 Å². The molecule has 0 aliphatic heterocycles. The van der Waals surface area contributed by atoms with Crippen LogP contribution in [0.3, 0.4) is 0 Å². The van der Waals surface area contributed by atoms with Crippen molar-refractivity contribution in [3.05, 3.63) is 35.4 Å². The molecule has 0 saturated heterocycles. The second-order valence-corrected chi connectivity index (χ2v) is 7.75. The first-order chi connectivity index (χ1) is 10.1. The molecule has 0 spiro atoms. The molecule has 0 aliphatic carbocycles. The zero-order valence-corrected chi connectivity index (χ0v) is 13.7. The van der Waals surface area contributed by atoms with Crippen molar-refractivity contribution in [3.63, 3.8) is 0 Å². The molecule has 0 radical (unpaired) electrons. The maximum Gasteiger partial charge on any atom is 0.308 e. The molecule has 0 aromatic heterocycles. The third kappa shape index (κ3) is 5.14. The topological polar surface area (TPSA) is 101 Å². The summed E-state index contributed by atoms with van der Waals surface area (Å²) in [4.78, 5) is 23.1. The van der Waals surface area contributed by atoms with E-state index in [1.54, 1.807) is 0 Å². The summed E-state index contributed by atoms with van der Waals surface area (Å²) in [5.74, 6) is -2.52. The van der Waals surface area contributed by atoms with E-state index in [0.717, 1.165) is 17.4 Å². The Kier molecular flexibility index (Phi) is 6.11. The fourth-order valence-corrected chi connectivity index (χ4v) is 2.39. The first-order valence-corrected chi connectivity index (χ1v) is 8.82. The number of sulfone groups is 1. The van der Waals surface area contributed by atoms with Crippen LogP contribution in [0.4, 0.5) is 0 Å². The minimum absolute atomic E-state index is 0.109. The Morgan fingerprint density at radius 2 is 1.86 bits per heavy atom. The van der Waals surface area contributed by atoms with E-state index in [1.807, 2.05) is 31.2 Å². The Labute approximate surface area is 130 Å². The van der Waals surface area contributed by atoms with Crippen LogP contribution in [-0.4, -0.2) is 43.5 Å². The van der Waals surface area contributed by atoms with Gasteiger partial charge in [0.25, 0.3) is 0 Å².